The van der Waals surface area contributed by atoms with Gasteiger partial charge in [-0.15, -0.1) is 0 Å². The number of benzene rings is 2. The predicted octanol–water partition coefficient (Wildman–Crippen LogP) is 6.92. The number of methoxy groups -OCH3 is 2. The summed E-state index contributed by atoms with van der Waals surface area (Å²) in [4.78, 5) is 4.61. The molecule has 0 radical (unpaired) electrons. The third-order valence-corrected chi connectivity index (χ3v) is 5.25. The second kappa shape index (κ2) is 14.1. The van der Waals surface area contributed by atoms with E-state index in [0.29, 0.717) is 12.5 Å². The van der Waals surface area contributed by atoms with E-state index in [0.717, 1.165) is 37.3 Å². The Labute approximate surface area is 186 Å². The van der Waals surface area contributed by atoms with Crippen LogP contribution in [-0.2, 0) is 28.7 Å². The van der Waals surface area contributed by atoms with Crippen LogP contribution >= 0.6 is 0 Å². The third-order valence-electron chi connectivity index (χ3n) is 5.25. The Morgan fingerprint density at radius 2 is 1.53 bits per heavy atom. The Bertz CT molecular complexity index is 802. The maximum Gasteiger partial charge on any atom is 0.0842 e. The lowest BCUT2D eigenvalue weighted by atomic mass is 9.92. The summed E-state index contributed by atoms with van der Waals surface area (Å²) in [5.74, 6) is 0.599. The van der Waals surface area contributed by atoms with Crippen molar-refractivity contribution in [3.05, 3.63) is 64.2 Å². The number of hydrogen-bond acceptors (Lipinski definition) is 3. The summed E-state index contributed by atoms with van der Waals surface area (Å²) in [5.41, 5.74) is 9.06. The van der Waals surface area contributed by atoms with Gasteiger partial charge in [-0.2, -0.15) is 0 Å². The van der Waals surface area contributed by atoms with Gasteiger partial charge in [-0.05, 0) is 73.8 Å². The molecule has 0 aliphatic heterocycles. The Balaban J connectivity index is 0.000000562. The van der Waals surface area contributed by atoms with Crippen LogP contribution in [0.25, 0.3) is 0 Å². The fraction of sp³-hybridized carbons (Fsp3) is 0.519. The van der Waals surface area contributed by atoms with E-state index in [1.807, 2.05) is 6.92 Å². The lowest BCUT2D eigenvalue weighted by Crippen LogP contribution is -2.09. The van der Waals surface area contributed by atoms with Gasteiger partial charge in [-0.3, -0.25) is 4.99 Å². The Hall–Kier alpha value is -1.97. The number of para-hydroxylation sites is 1. The van der Waals surface area contributed by atoms with Crippen LogP contribution in [0.3, 0.4) is 0 Å². The highest BCUT2D eigenvalue weighted by Crippen LogP contribution is 2.24. The zero-order chi connectivity index (χ0) is 22.5. The third kappa shape index (κ3) is 8.41. The van der Waals surface area contributed by atoms with Crippen molar-refractivity contribution in [2.45, 2.75) is 60.8 Å². The predicted molar refractivity (Wildman–Crippen MR) is 133 cm³/mol. The zero-order valence-electron chi connectivity index (χ0n) is 20.3. The van der Waals surface area contributed by atoms with Crippen LogP contribution in [-0.4, -0.2) is 33.1 Å². The van der Waals surface area contributed by atoms with Crippen LogP contribution in [0, 0.1) is 19.8 Å². The van der Waals surface area contributed by atoms with Crippen LogP contribution in [0.1, 0.15) is 56.9 Å². The van der Waals surface area contributed by atoms with Crippen molar-refractivity contribution in [2.75, 3.05) is 27.4 Å². The van der Waals surface area contributed by atoms with Gasteiger partial charge in [0.05, 0.1) is 12.3 Å². The van der Waals surface area contributed by atoms with Gasteiger partial charge in [0.15, 0.2) is 0 Å². The van der Waals surface area contributed by atoms with E-state index in [2.05, 4.69) is 76.0 Å². The molecule has 1 atom stereocenters. The van der Waals surface area contributed by atoms with Crippen molar-refractivity contribution in [3.8, 4) is 0 Å². The van der Waals surface area contributed by atoms with Crippen molar-refractivity contribution in [2.24, 2.45) is 10.9 Å². The first-order valence-electron chi connectivity index (χ1n) is 11.1. The molecule has 2 aromatic rings. The van der Waals surface area contributed by atoms with Crippen LogP contribution in [0.15, 0.2) is 41.4 Å². The van der Waals surface area contributed by atoms with E-state index in [1.165, 1.54) is 27.8 Å². The Morgan fingerprint density at radius 3 is 2.10 bits per heavy atom. The van der Waals surface area contributed by atoms with Gasteiger partial charge in [0, 0.05) is 28.0 Å². The molecule has 0 fully saturated rings. The Morgan fingerprint density at radius 1 is 0.933 bits per heavy atom. The fourth-order valence-corrected chi connectivity index (χ4v) is 3.68. The number of aliphatic imine (C=N–C) groups is 1. The molecule has 168 valence electrons. The van der Waals surface area contributed by atoms with Gasteiger partial charge < -0.3 is 9.47 Å². The second-order valence-corrected chi connectivity index (χ2v) is 8.05. The first-order chi connectivity index (χ1) is 14.4. The van der Waals surface area contributed by atoms with Crippen molar-refractivity contribution in [1.29, 1.82) is 0 Å². The van der Waals surface area contributed by atoms with Gasteiger partial charge in [0.25, 0.3) is 0 Å². The molecule has 0 bridgehead atoms. The number of aryl methyl sites for hydroxylation is 4. The molecular weight excluding hydrogens is 370 g/mol. The summed E-state index contributed by atoms with van der Waals surface area (Å²) in [6.45, 7) is 14.4. The lowest BCUT2D eigenvalue weighted by Gasteiger charge is -2.15. The lowest BCUT2D eigenvalue weighted by molar-refractivity contribution is 0.159. The molecule has 0 heterocycles. The molecule has 0 saturated heterocycles. The number of nitrogens with zero attached hydrogens (tertiary/aromatic N) is 1. The van der Waals surface area contributed by atoms with Crippen LogP contribution < -0.4 is 0 Å². The van der Waals surface area contributed by atoms with Gasteiger partial charge in [-0.1, -0.05) is 57.2 Å². The number of ether oxygens (including phenoxy) is 2. The highest BCUT2D eigenvalue weighted by Gasteiger charge is 2.09. The topological polar surface area (TPSA) is 30.8 Å². The smallest absolute Gasteiger partial charge is 0.0842 e. The fourth-order valence-electron chi connectivity index (χ4n) is 3.68. The van der Waals surface area contributed by atoms with Gasteiger partial charge in [-0.25, -0.2) is 0 Å². The van der Waals surface area contributed by atoms with Crippen molar-refractivity contribution >= 4 is 11.4 Å². The molecule has 1 unspecified atom stereocenters. The largest absolute Gasteiger partial charge is 0.384 e. The second-order valence-electron chi connectivity index (χ2n) is 8.05. The number of hydrogen-bond donors (Lipinski definition) is 0. The average Bonchev–Trinajstić information content (AvgIpc) is 2.72. The molecule has 0 aliphatic carbocycles. The molecule has 0 aliphatic rings. The summed E-state index contributed by atoms with van der Waals surface area (Å²) in [6.07, 6.45) is 3.27. The molecule has 0 amide bonds. The van der Waals surface area contributed by atoms with Gasteiger partial charge in [0.2, 0.25) is 0 Å². The number of rotatable bonds is 9. The molecule has 30 heavy (non-hydrogen) atoms. The molecule has 0 aromatic heterocycles. The highest BCUT2D eigenvalue weighted by atomic mass is 16.5. The van der Waals surface area contributed by atoms with Crippen molar-refractivity contribution < 1.29 is 10.9 Å². The maximum absolute atomic E-state index is 5.19. The summed E-state index contributed by atoms with van der Waals surface area (Å²) in [6, 6.07) is 12.9. The highest BCUT2D eigenvalue weighted by molar-refractivity contribution is 5.86. The van der Waals surface area contributed by atoms with Crippen molar-refractivity contribution in [1.82, 2.24) is 0 Å². The molecule has 3 heteroatoms. The quantitative estimate of drug-likeness (QED) is 0.418. The van der Waals surface area contributed by atoms with E-state index >= 15 is 0 Å². The first kappa shape index (κ1) is 26.1. The monoisotopic (exact) mass is 413 g/mol. The van der Waals surface area contributed by atoms with E-state index in [1.54, 1.807) is 14.2 Å². The van der Waals surface area contributed by atoms with Crippen molar-refractivity contribution in [3.63, 3.8) is 0 Å². The minimum Gasteiger partial charge on any atom is -0.384 e. The molecule has 0 spiro atoms. The standard InChI is InChI=1S/C14H22O.C13H19NO.H2/c1-5-13-8-6-7-12(3)14(13)9-11(2)10-15-4;1-5-12-8-6-7-10(2)13(12)14-11(3)9-15-4;/h6-8,11H,5,9-10H2,1-4H3;6-8H,5,9H2,1-4H3;1H. The molecule has 2 rings (SSSR count). The summed E-state index contributed by atoms with van der Waals surface area (Å²) in [5, 5.41) is 0. The normalized spacial score (nSPS) is 12.3. The van der Waals surface area contributed by atoms with E-state index in [9.17, 15) is 0 Å². The van der Waals surface area contributed by atoms with Gasteiger partial charge in [0.1, 0.15) is 0 Å². The van der Waals surface area contributed by atoms with E-state index in [-0.39, 0.29) is 1.43 Å². The molecule has 0 saturated carbocycles. The minimum atomic E-state index is 0. The van der Waals surface area contributed by atoms with Crippen LogP contribution in [0.2, 0.25) is 0 Å². The van der Waals surface area contributed by atoms with Crippen LogP contribution in [0.4, 0.5) is 5.69 Å². The maximum atomic E-state index is 5.19. The molecule has 2 aromatic carbocycles. The zero-order valence-corrected chi connectivity index (χ0v) is 20.3. The Kier molecular flexibility index (Phi) is 12.3. The molecule has 0 N–H and O–H groups in total. The summed E-state index contributed by atoms with van der Waals surface area (Å²) in [7, 11) is 3.46. The van der Waals surface area contributed by atoms with Gasteiger partial charge >= 0.3 is 0 Å². The summed E-state index contributed by atoms with van der Waals surface area (Å²) >= 11 is 0. The van der Waals surface area contributed by atoms with E-state index < -0.39 is 0 Å². The average molecular weight is 414 g/mol. The van der Waals surface area contributed by atoms with Crippen LogP contribution in [0.5, 0.6) is 0 Å². The molecule has 3 nitrogen and oxygen atoms in total. The molecular formula is C27H43NO2. The summed E-state index contributed by atoms with van der Waals surface area (Å²) < 4.78 is 10.2. The van der Waals surface area contributed by atoms with E-state index in [4.69, 9.17) is 9.47 Å². The first-order valence-corrected chi connectivity index (χ1v) is 11.1. The SMILES string of the molecule is CCc1cccc(C)c1CC(C)COC.CCc1cccc(C)c1N=C(C)COC.[HH]. The minimum absolute atomic E-state index is 0.